The summed E-state index contributed by atoms with van der Waals surface area (Å²) in [6, 6.07) is 0.646. The van der Waals surface area contributed by atoms with E-state index >= 15 is 0 Å². The highest BCUT2D eigenvalue weighted by Gasteiger charge is 2.20. The van der Waals surface area contributed by atoms with E-state index in [1.54, 1.807) is 0 Å². The standard InChI is InChI=1S/C13H23NO/c1-3-5-6-9-14-12-8-10-15-13(11-12)7-4-2/h1,12-14H,4-11H2,2H3. The van der Waals surface area contributed by atoms with Gasteiger partial charge in [-0.15, -0.1) is 12.3 Å². The predicted molar refractivity (Wildman–Crippen MR) is 63.7 cm³/mol. The molecule has 0 aliphatic carbocycles. The largest absolute Gasteiger partial charge is 0.378 e. The maximum atomic E-state index is 5.70. The fraction of sp³-hybridized carbons (Fsp3) is 0.846. The average molecular weight is 209 g/mol. The summed E-state index contributed by atoms with van der Waals surface area (Å²) in [7, 11) is 0. The van der Waals surface area contributed by atoms with Gasteiger partial charge in [-0.05, 0) is 32.2 Å². The van der Waals surface area contributed by atoms with Crippen molar-refractivity contribution in [2.45, 2.75) is 57.6 Å². The maximum absolute atomic E-state index is 5.70. The molecule has 0 radical (unpaired) electrons. The van der Waals surface area contributed by atoms with Crippen molar-refractivity contribution >= 4 is 0 Å². The Bertz CT molecular complexity index is 195. The van der Waals surface area contributed by atoms with Crippen molar-refractivity contribution in [3.8, 4) is 12.3 Å². The monoisotopic (exact) mass is 209 g/mol. The summed E-state index contributed by atoms with van der Waals surface area (Å²) in [5, 5.41) is 3.57. The van der Waals surface area contributed by atoms with Crippen LogP contribution in [-0.2, 0) is 4.74 Å². The smallest absolute Gasteiger partial charge is 0.0589 e. The van der Waals surface area contributed by atoms with Crippen molar-refractivity contribution in [2.24, 2.45) is 0 Å². The Morgan fingerprint density at radius 2 is 2.40 bits per heavy atom. The third-order valence-corrected chi connectivity index (χ3v) is 2.91. The van der Waals surface area contributed by atoms with Crippen molar-refractivity contribution in [1.82, 2.24) is 5.32 Å². The molecule has 86 valence electrons. The first kappa shape index (κ1) is 12.5. The van der Waals surface area contributed by atoms with Gasteiger partial charge in [0, 0.05) is 19.1 Å². The van der Waals surface area contributed by atoms with Crippen LogP contribution in [0.15, 0.2) is 0 Å². The maximum Gasteiger partial charge on any atom is 0.0589 e. The van der Waals surface area contributed by atoms with E-state index in [1.807, 2.05) is 0 Å². The van der Waals surface area contributed by atoms with Crippen molar-refractivity contribution < 1.29 is 4.74 Å². The summed E-state index contributed by atoms with van der Waals surface area (Å²) in [6.07, 6.45) is 12.4. The number of rotatable bonds is 6. The van der Waals surface area contributed by atoms with Crippen molar-refractivity contribution in [3.05, 3.63) is 0 Å². The molecule has 1 aliphatic heterocycles. The summed E-state index contributed by atoms with van der Waals surface area (Å²) in [4.78, 5) is 0. The molecule has 0 bridgehead atoms. The van der Waals surface area contributed by atoms with Gasteiger partial charge >= 0.3 is 0 Å². The van der Waals surface area contributed by atoms with Gasteiger partial charge in [-0.1, -0.05) is 13.3 Å². The van der Waals surface area contributed by atoms with Crippen LogP contribution in [0.5, 0.6) is 0 Å². The molecule has 1 N–H and O–H groups in total. The van der Waals surface area contributed by atoms with E-state index in [-0.39, 0.29) is 0 Å². The molecule has 2 atom stereocenters. The zero-order valence-corrected chi connectivity index (χ0v) is 9.80. The molecule has 0 aromatic heterocycles. The second-order valence-electron chi connectivity index (χ2n) is 4.26. The number of hydrogen-bond donors (Lipinski definition) is 1. The van der Waals surface area contributed by atoms with E-state index in [9.17, 15) is 0 Å². The molecule has 2 nitrogen and oxygen atoms in total. The van der Waals surface area contributed by atoms with Gasteiger partial charge in [0.1, 0.15) is 0 Å². The molecule has 15 heavy (non-hydrogen) atoms. The molecule has 2 unspecified atom stereocenters. The molecule has 1 aliphatic rings. The Hall–Kier alpha value is -0.520. The molecule has 0 spiro atoms. The molecule has 0 amide bonds. The topological polar surface area (TPSA) is 21.3 Å². The lowest BCUT2D eigenvalue weighted by molar-refractivity contribution is -0.00307. The van der Waals surface area contributed by atoms with Gasteiger partial charge in [0.2, 0.25) is 0 Å². The lowest BCUT2D eigenvalue weighted by Crippen LogP contribution is -2.39. The molecule has 0 aromatic carbocycles. The number of hydrogen-bond acceptors (Lipinski definition) is 2. The van der Waals surface area contributed by atoms with E-state index in [0.29, 0.717) is 12.1 Å². The Kier molecular flexibility index (Phi) is 6.47. The lowest BCUT2D eigenvalue weighted by atomic mass is 10.00. The Labute approximate surface area is 93.8 Å². The Morgan fingerprint density at radius 1 is 1.53 bits per heavy atom. The second-order valence-corrected chi connectivity index (χ2v) is 4.26. The Morgan fingerprint density at radius 3 is 3.13 bits per heavy atom. The van der Waals surface area contributed by atoms with Crippen LogP contribution >= 0.6 is 0 Å². The molecular formula is C13H23NO. The predicted octanol–water partition coefficient (Wildman–Crippen LogP) is 2.34. The average Bonchev–Trinajstić information content (AvgIpc) is 2.26. The third-order valence-electron chi connectivity index (χ3n) is 2.91. The fourth-order valence-corrected chi connectivity index (χ4v) is 2.09. The molecule has 1 heterocycles. The second kappa shape index (κ2) is 7.73. The van der Waals surface area contributed by atoms with E-state index in [4.69, 9.17) is 11.2 Å². The van der Waals surface area contributed by atoms with Crippen LogP contribution in [0.1, 0.15) is 45.4 Å². The minimum absolute atomic E-state index is 0.480. The van der Waals surface area contributed by atoms with Gasteiger partial charge in [-0.3, -0.25) is 0 Å². The lowest BCUT2D eigenvalue weighted by Gasteiger charge is -2.30. The van der Waals surface area contributed by atoms with Crippen LogP contribution in [0.3, 0.4) is 0 Å². The summed E-state index contributed by atoms with van der Waals surface area (Å²) in [5.74, 6) is 2.67. The zero-order chi connectivity index (χ0) is 10.9. The fourth-order valence-electron chi connectivity index (χ4n) is 2.09. The van der Waals surface area contributed by atoms with Gasteiger partial charge in [0.25, 0.3) is 0 Å². The molecule has 1 saturated heterocycles. The Balaban J connectivity index is 2.10. The van der Waals surface area contributed by atoms with Crippen LogP contribution in [0.25, 0.3) is 0 Å². The van der Waals surface area contributed by atoms with Gasteiger partial charge < -0.3 is 10.1 Å². The first-order chi connectivity index (χ1) is 7.36. The van der Waals surface area contributed by atoms with Crippen LogP contribution in [-0.4, -0.2) is 25.3 Å². The van der Waals surface area contributed by atoms with Crippen LogP contribution in [0, 0.1) is 12.3 Å². The highest BCUT2D eigenvalue weighted by Crippen LogP contribution is 2.17. The molecular weight excluding hydrogens is 186 g/mol. The van der Waals surface area contributed by atoms with Gasteiger partial charge in [0.15, 0.2) is 0 Å². The zero-order valence-electron chi connectivity index (χ0n) is 9.80. The number of nitrogens with one attached hydrogen (secondary N) is 1. The highest BCUT2D eigenvalue weighted by molar-refractivity contribution is 4.84. The van der Waals surface area contributed by atoms with Crippen molar-refractivity contribution in [1.29, 1.82) is 0 Å². The number of terminal acetylenes is 1. The SMILES string of the molecule is C#CCCCNC1CCOC(CCC)C1. The number of unbranched alkanes of at least 4 members (excludes halogenated alkanes) is 1. The van der Waals surface area contributed by atoms with Crippen LogP contribution in [0.2, 0.25) is 0 Å². The van der Waals surface area contributed by atoms with E-state index in [2.05, 4.69) is 18.2 Å². The summed E-state index contributed by atoms with van der Waals surface area (Å²) < 4.78 is 5.70. The van der Waals surface area contributed by atoms with E-state index < -0.39 is 0 Å². The number of ether oxygens (including phenoxy) is 1. The molecule has 0 aromatic rings. The molecule has 0 saturated carbocycles. The van der Waals surface area contributed by atoms with Crippen LogP contribution in [0.4, 0.5) is 0 Å². The normalized spacial score (nSPS) is 26.1. The van der Waals surface area contributed by atoms with Crippen LogP contribution < -0.4 is 5.32 Å². The minimum Gasteiger partial charge on any atom is -0.378 e. The molecule has 2 heteroatoms. The first-order valence-corrected chi connectivity index (χ1v) is 6.15. The van der Waals surface area contributed by atoms with E-state index in [0.717, 1.165) is 32.4 Å². The first-order valence-electron chi connectivity index (χ1n) is 6.15. The summed E-state index contributed by atoms with van der Waals surface area (Å²) >= 11 is 0. The quantitative estimate of drug-likeness (QED) is 0.535. The molecule has 1 rings (SSSR count). The highest BCUT2D eigenvalue weighted by atomic mass is 16.5. The summed E-state index contributed by atoms with van der Waals surface area (Å²) in [5.41, 5.74) is 0. The minimum atomic E-state index is 0.480. The van der Waals surface area contributed by atoms with Crippen molar-refractivity contribution in [2.75, 3.05) is 13.2 Å². The van der Waals surface area contributed by atoms with Gasteiger partial charge in [-0.25, -0.2) is 0 Å². The third kappa shape index (κ3) is 5.20. The van der Waals surface area contributed by atoms with Gasteiger partial charge in [-0.2, -0.15) is 0 Å². The summed E-state index contributed by atoms with van der Waals surface area (Å²) in [6.45, 7) is 4.18. The van der Waals surface area contributed by atoms with Gasteiger partial charge in [0.05, 0.1) is 6.10 Å². The van der Waals surface area contributed by atoms with Crippen molar-refractivity contribution in [3.63, 3.8) is 0 Å². The van der Waals surface area contributed by atoms with E-state index in [1.165, 1.54) is 19.3 Å². The molecule has 1 fully saturated rings.